The van der Waals surface area contributed by atoms with E-state index < -0.39 is 29.3 Å². The number of H-pyrrole nitrogens is 1. The van der Waals surface area contributed by atoms with Crippen LogP contribution in [0.1, 0.15) is 5.56 Å². The van der Waals surface area contributed by atoms with Gasteiger partial charge in [0.1, 0.15) is 11.6 Å². The van der Waals surface area contributed by atoms with E-state index in [1.807, 2.05) is 29.8 Å². The highest BCUT2D eigenvalue weighted by atomic mass is 32.1. The number of nitrogens with zero attached hydrogens (tertiary/aromatic N) is 2. The SMILES string of the molecule is NC(=O)N(c1ccc(-c2csc3c(-c4ccc5[nH]ccc5c4)cnc(N)c23)cc1)c1cc(C(F)(F)F)ccc1F. The first-order valence-electron chi connectivity index (χ1n) is 11.9. The fourth-order valence-corrected chi connectivity index (χ4v) is 5.86. The van der Waals surface area contributed by atoms with Crippen LogP contribution in [0.25, 0.3) is 43.2 Å². The standard InChI is InChI=1S/C29H19F4N5OS/c30-22-7-4-18(29(31,32)33)12-24(22)38(28(35)39)19-5-1-15(2-6-19)21-14-40-26-20(13-37-27(34)25(21)26)16-3-8-23-17(11-16)9-10-36-23/h1-14,36H,(H2,34,37)(H2,35,39). The van der Waals surface area contributed by atoms with Crippen LogP contribution in [0.15, 0.2) is 84.5 Å². The highest BCUT2D eigenvalue weighted by molar-refractivity contribution is 7.18. The number of fused-ring (bicyclic) bond motifs is 2. The number of urea groups is 1. The monoisotopic (exact) mass is 561 g/mol. The summed E-state index contributed by atoms with van der Waals surface area (Å²) in [5.74, 6) is -0.685. The van der Waals surface area contributed by atoms with Crippen molar-refractivity contribution in [1.29, 1.82) is 0 Å². The van der Waals surface area contributed by atoms with Crippen molar-refractivity contribution in [2.45, 2.75) is 6.18 Å². The van der Waals surface area contributed by atoms with Crippen LogP contribution < -0.4 is 16.4 Å². The second-order valence-corrected chi connectivity index (χ2v) is 9.95. The number of hydrogen-bond donors (Lipinski definition) is 3. The lowest BCUT2D eigenvalue weighted by molar-refractivity contribution is -0.137. The lowest BCUT2D eigenvalue weighted by atomic mass is 10.0. The maximum atomic E-state index is 14.6. The first kappa shape index (κ1) is 25.4. The van der Waals surface area contributed by atoms with E-state index in [-0.39, 0.29) is 5.69 Å². The summed E-state index contributed by atoms with van der Waals surface area (Å²) in [7, 11) is 0. The van der Waals surface area contributed by atoms with Crippen LogP contribution in [-0.2, 0) is 6.18 Å². The van der Waals surface area contributed by atoms with Gasteiger partial charge in [-0.05, 0) is 70.4 Å². The third-order valence-electron chi connectivity index (χ3n) is 6.66. The van der Waals surface area contributed by atoms with Crippen LogP contribution in [-0.4, -0.2) is 16.0 Å². The summed E-state index contributed by atoms with van der Waals surface area (Å²) >= 11 is 1.50. The molecule has 3 aromatic carbocycles. The van der Waals surface area contributed by atoms with E-state index in [4.69, 9.17) is 11.5 Å². The van der Waals surface area contributed by atoms with E-state index in [9.17, 15) is 22.4 Å². The molecule has 6 rings (SSSR count). The Kier molecular flexibility index (Phi) is 5.95. The zero-order chi connectivity index (χ0) is 28.2. The number of benzene rings is 3. The van der Waals surface area contributed by atoms with Crippen molar-refractivity contribution in [1.82, 2.24) is 9.97 Å². The van der Waals surface area contributed by atoms with Gasteiger partial charge in [0.05, 0.1) is 16.9 Å². The van der Waals surface area contributed by atoms with E-state index in [0.717, 1.165) is 43.2 Å². The third-order valence-corrected chi connectivity index (χ3v) is 7.67. The summed E-state index contributed by atoms with van der Waals surface area (Å²) in [5, 5.41) is 3.75. The smallest absolute Gasteiger partial charge is 0.383 e. The molecule has 5 N–H and O–H groups in total. The second kappa shape index (κ2) is 9.38. The summed E-state index contributed by atoms with van der Waals surface area (Å²) < 4.78 is 55.3. The van der Waals surface area contributed by atoms with Gasteiger partial charge in [0.25, 0.3) is 0 Å². The highest BCUT2D eigenvalue weighted by Crippen LogP contribution is 2.43. The summed E-state index contributed by atoms with van der Waals surface area (Å²) in [4.78, 5) is 20.6. The first-order chi connectivity index (χ1) is 19.1. The van der Waals surface area contributed by atoms with E-state index in [2.05, 4.69) is 16.0 Å². The Labute approximate surface area is 228 Å². The fourth-order valence-electron chi connectivity index (χ4n) is 4.74. The topological polar surface area (TPSA) is 101 Å². The third kappa shape index (κ3) is 4.30. The number of primary amides is 1. The van der Waals surface area contributed by atoms with Crippen LogP contribution in [0, 0.1) is 5.82 Å². The highest BCUT2D eigenvalue weighted by Gasteiger charge is 2.32. The van der Waals surface area contributed by atoms with Gasteiger partial charge >= 0.3 is 12.2 Å². The number of nitrogens with one attached hydrogen (secondary N) is 1. The minimum atomic E-state index is -4.73. The van der Waals surface area contributed by atoms with Crippen molar-refractivity contribution in [2.24, 2.45) is 5.73 Å². The minimum Gasteiger partial charge on any atom is -0.383 e. The normalized spacial score (nSPS) is 11.8. The number of pyridine rings is 1. The second-order valence-electron chi connectivity index (χ2n) is 9.07. The van der Waals surface area contributed by atoms with Crippen molar-refractivity contribution in [2.75, 3.05) is 10.6 Å². The Morgan fingerprint density at radius 2 is 1.70 bits per heavy atom. The quantitative estimate of drug-likeness (QED) is 0.190. The Bertz CT molecular complexity index is 1910. The molecule has 0 spiro atoms. The molecule has 3 aromatic heterocycles. The molecule has 0 unspecified atom stereocenters. The number of nitrogen functional groups attached to an aromatic ring is 1. The van der Waals surface area contributed by atoms with Gasteiger partial charge in [-0.15, -0.1) is 11.3 Å². The maximum Gasteiger partial charge on any atom is 0.416 e. The van der Waals surface area contributed by atoms with E-state index in [0.29, 0.717) is 28.9 Å². The zero-order valence-corrected chi connectivity index (χ0v) is 21.3. The fraction of sp³-hybridized carbons (Fsp3) is 0.0345. The van der Waals surface area contributed by atoms with Crippen LogP contribution in [0.4, 0.5) is 39.5 Å². The average molecular weight is 562 g/mol. The number of nitrogens with two attached hydrogens (primary N) is 2. The summed E-state index contributed by atoms with van der Waals surface area (Å²) in [6.45, 7) is 0. The summed E-state index contributed by atoms with van der Waals surface area (Å²) in [5.41, 5.74) is 14.6. The van der Waals surface area contributed by atoms with Crippen LogP contribution in [0.2, 0.25) is 0 Å². The van der Waals surface area contributed by atoms with E-state index >= 15 is 0 Å². The number of anilines is 3. The van der Waals surface area contributed by atoms with E-state index in [1.54, 1.807) is 18.3 Å². The van der Waals surface area contributed by atoms with Crippen LogP contribution >= 0.6 is 11.3 Å². The molecule has 11 heteroatoms. The molecular formula is C29H19F4N5OS. The Morgan fingerprint density at radius 3 is 2.42 bits per heavy atom. The van der Waals surface area contributed by atoms with Gasteiger partial charge in [-0.2, -0.15) is 13.2 Å². The molecule has 0 saturated carbocycles. The predicted molar refractivity (Wildman–Crippen MR) is 150 cm³/mol. The number of hydrogen-bond acceptors (Lipinski definition) is 4. The van der Waals surface area contributed by atoms with Crippen molar-refractivity contribution in [3.8, 4) is 22.3 Å². The molecular weight excluding hydrogens is 542 g/mol. The van der Waals surface area contributed by atoms with Gasteiger partial charge in [0.15, 0.2) is 0 Å². The first-order valence-corrected chi connectivity index (χ1v) is 12.8. The minimum absolute atomic E-state index is 0.0978. The summed E-state index contributed by atoms with van der Waals surface area (Å²) in [6, 6.07) is 15.0. The molecule has 0 atom stereocenters. The summed E-state index contributed by atoms with van der Waals surface area (Å²) in [6.07, 6.45) is -1.11. The largest absolute Gasteiger partial charge is 0.416 e. The molecule has 0 aliphatic heterocycles. The van der Waals surface area contributed by atoms with Gasteiger partial charge in [0.2, 0.25) is 0 Å². The van der Waals surface area contributed by atoms with Crippen molar-refractivity contribution in [3.05, 3.63) is 95.9 Å². The molecule has 0 bridgehead atoms. The Balaban J connectivity index is 1.41. The molecule has 6 aromatic rings. The number of rotatable bonds is 4. The number of thiophene rings is 1. The molecule has 0 aliphatic rings. The molecule has 40 heavy (non-hydrogen) atoms. The Morgan fingerprint density at radius 1 is 0.950 bits per heavy atom. The van der Waals surface area contributed by atoms with E-state index in [1.165, 1.54) is 23.5 Å². The molecule has 0 aliphatic carbocycles. The Hall–Kier alpha value is -4.90. The lowest BCUT2D eigenvalue weighted by Crippen LogP contribution is -2.32. The average Bonchev–Trinajstić information content (AvgIpc) is 3.57. The maximum absolute atomic E-state index is 14.6. The van der Waals surface area contributed by atoms with Crippen molar-refractivity contribution >= 4 is 55.5 Å². The van der Waals surface area contributed by atoms with Crippen LogP contribution in [0.3, 0.4) is 0 Å². The molecule has 2 amide bonds. The number of alkyl halides is 3. The molecule has 200 valence electrons. The van der Waals surface area contributed by atoms with Gasteiger partial charge in [-0.25, -0.2) is 14.2 Å². The zero-order valence-electron chi connectivity index (χ0n) is 20.5. The molecule has 6 nitrogen and oxygen atoms in total. The van der Waals surface area contributed by atoms with Crippen LogP contribution in [0.5, 0.6) is 0 Å². The molecule has 3 heterocycles. The lowest BCUT2D eigenvalue weighted by Gasteiger charge is -2.22. The van der Waals surface area contributed by atoms with Crippen molar-refractivity contribution in [3.63, 3.8) is 0 Å². The predicted octanol–water partition coefficient (Wildman–Crippen LogP) is 8.07. The molecule has 0 saturated heterocycles. The van der Waals surface area contributed by atoms with Crippen molar-refractivity contribution < 1.29 is 22.4 Å². The van der Waals surface area contributed by atoms with Gasteiger partial charge in [-0.1, -0.05) is 18.2 Å². The van der Waals surface area contributed by atoms with Gasteiger partial charge in [-0.3, -0.25) is 4.90 Å². The van der Waals surface area contributed by atoms with Gasteiger partial charge < -0.3 is 16.5 Å². The van der Waals surface area contributed by atoms with Gasteiger partial charge in [0, 0.05) is 39.1 Å². The number of aromatic amines is 1. The number of amides is 2. The number of halogens is 4. The molecule has 0 radical (unpaired) electrons. The number of aromatic nitrogens is 2. The number of carbonyl (C=O) groups excluding carboxylic acids is 1. The number of carbonyl (C=O) groups is 1. The molecule has 0 fully saturated rings.